The second kappa shape index (κ2) is 7.33. The normalized spacial score (nSPS) is 10.3. The van der Waals surface area contributed by atoms with Crippen LogP contribution in [0.3, 0.4) is 0 Å². The lowest BCUT2D eigenvalue weighted by Gasteiger charge is -2.19. The first-order valence-electron chi connectivity index (χ1n) is 7.14. The Balaban J connectivity index is 2.19. The van der Waals surface area contributed by atoms with Crippen molar-refractivity contribution in [2.75, 3.05) is 33.2 Å². The van der Waals surface area contributed by atoms with Gasteiger partial charge in [-0.2, -0.15) is 0 Å². The maximum Gasteiger partial charge on any atom is 0.254 e. The van der Waals surface area contributed by atoms with Gasteiger partial charge in [0, 0.05) is 33.3 Å². The van der Waals surface area contributed by atoms with Gasteiger partial charge < -0.3 is 14.5 Å². The van der Waals surface area contributed by atoms with Crippen LogP contribution in [0.5, 0.6) is 5.75 Å². The molecule has 1 aromatic heterocycles. The minimum absolute atomic E-state index is 0.111. The van der Waals surface area contributed by atoms with Crippen LogP contribution in [-0.4, -0.2) is 44.0 Å². The van der Waals surface area contributed by atoms with E-state index in [0.717, 1.165) is 11.3 Å². The van der Waals surface area contributed by atoms with Crippen LogP contribution < -0.4 is 9.64 Å². The van der Waals surface area contributed by atoms with E-state index in [2.05, 4.69) is 4.98 Å². The number of nitrogens with zero attached hydrogens (tertiary/aromatic N) is 3. The number of benzene rings is 1. The van der Waals surface area contributed by atoms with Crippen molar-refractivity contribution in [1.29, 1.82) is 0 Å². The summed E-state index contributed by atoms with van der Waals surface area (Å²) < 4.78 is 5.20. The Morgan fingerprint density at radius 1 is 1.22 bits per heavy atom. The SMILES string of the molecule is COc1cccc(CN(C)C(=O)c2cc(Cl)nc(N(C)C)c2)c1. The predicted molar refractivity (Wildman–Crippen MR) is 92.4 cm³/mol. The third-order valence-electron chi connectivity index (χ3n) is 3.39. The first kappa shape index (κ1) is 17.1. The monoisotopic (exact) mass is 333 g/mol. The van der Waals surface area contributed by atoms with E-state index < -0.39 is 0 Å². The molecule has 0 fully saturated rings. The standard InChI is InChI=1S/C17H20ClN3O2/c1-20(2)16-10-13(9-15(18)19-16)17(22)21(3)11-12-6-5-7-14(8-12)23-4/h5-10H,11H2,1-4H3. The molecule has 1 amide bonds. The highest BCUT2D eigenvalue weighted by Crippen LogP contribution is 2.19. The summed E-state index contributed by atoms with van der Waals surface area (Å²) in [5.41, 5.74) is 1.51. The van der Waals surface area contributed by atoms with E-state index in [9.17, 15) is 4.79 Å². The van der Waals surface area contributed by atoms with Crippen LogP contribution in [0.25, 0.3) is 0 Å². The van der Waals surface area contributed by atoms with Gasteiger partial charge in [-0.3, -0.25) is 4.79 Å². The summed E-state index contributed by atoms with van der Waals surface area (Å²) in [4.78, 5) is 20.3. The molecule has 122 valence electrons. The van der Waals surface area contributed by atoms with Crippen molar-refractivity contribution in [3.8, 4) is 5.75 Å². The van der Waals surface area contributed by atoms with E-state index in [-0.39, 0.29) is 5.91 Å². The van der Waals surface area contributed by atoms with E-state index in [0.29, 0.717) is 23.1 Å². The molecule has 0 N–H and O–H groups in total. The van der Waals surface area contributed by atoms with Crippen LogP contribution in [0.1, 0.15) is 15.9 Å². The number of hydrogen-bond donors (Lipinski definition) is 0. The fraction of sp³-hybridized carbons (Fsp3) is 0.294. The van der Waals surface area contributed by atoms with Gasteiger partial charge in [0.25, 0.3) is 5.91 Å². The molecule has 0 saturated heterocycles. The molecular weight excluding hydrogens is 314 g/mol. The van der Waals surface area contributed by atoms with Crippen LogP contribution in [0.15, 0.2) is 36.4 Å². The summed E-state index contributed by atoms with van der Waals surface area (Å²) in [5.74, 6) is 1.31. The first-order valence-corrected chi connectivity index (χ1v) is 7.52. The zero-order valence-electron chi connectivity index (χ0n) is 13.7. The molecule has 0 aliphatic carbocycles. The zero-order chi connectivity index (χ0) is 17.0. The number of rotatable bonds is 5. The summed E-state index contributed by atoms with van der Waals surface area (Å²) in [6.07, 6.45) is 0. The molecule has 1 heterocycles. The average Bonchev–Trinajstić information content (AvgIpc) is 2.53. The number of hydrogen-bond acceptors (Lipinski definition) is 4. The van der Waals surface area contributed by atoms with E-state index >= 15 is 0 Å². The Labute approximate surface area is 141 Å². The van der Waals surface area contributed by atoms with E-state index in [4.69, 9.17) is 16.3 Å². The van der Waals surface area contributed by atoms with Gasteiger partial charge in [-0.05, 0) is 29.8 Å². The third kappa shape index (κ3) is 4.36. The van der Waals surface area contributed by atoms with Crippen molar-refractivity contribution in [2.24, 2.45) is 0 Å². The Bertz CT molecular complexity index is 704. The number of ether oxygens (including phenoxy) is 1. The topological polar surface area (TPSA) is 45.7 Å². The number of carbonyl (C=O) groups is 1. The van der Waals surface area contributed by atoms with Gasteiger partial charge in [-0.15, -0.1) is 0 Å². The van der Waals surface area contributed by atoms with Crippen molar-refractivity contribution in [2.45, 2.75) is 6.54 Å². The number of anilines is 1. The third-order valence-corrected chi connectivity index (χ3v) is 3.58. The molecule has 0 spiro atoms. The number of aromatic nitrogens is 1. The van der Waals surface area contributed by atoms with Crippen LogP contribution in [0.2, 0.25) is 5.15 Å². The minimum Gasteiger partial charge on any atom is -0.497 e. The quantitative estimate of drug-likeness (QED) is 0.789. The van der Waals surface area contributed by atoms with Gasteiger partial charge in [0.1, 0.15) is 16.7 Å². The summed E-state index contributed by atoms with van der Waals surface area (Å²) in [7, 11) is 7.08. The maximum atomic E-state index is 12.6. The van der Waals surface area contributed by atoms with Crippen LogP contribution in [-0.2, 0) is 6.54 Å². The Kier molecular flexibility index (Phi) is 5.45. The molecule has 0 atom stereocenters. The summed E-state index contributed by atoms with van der Waals surface area (Å²) in [6.45, 7) is 0.479. The van der Waals surface area contributed by atoms with Gasteiger partial charge in [-0.25, -0.2) is 4.98 Å². The fourth-order valence-corrected chi connectivity index (χ4v) is 2.38. The first-order chi connectivity index (χ1) is 10.9. The van der Waals surface area contributed by atoms with E-state index in [1.807, 2.05) is 43.3 Å². The molecule has 0 saturated carbocycles. The molecule has 6 heteroatoms. The molecule has 0 unspecified atom stereocenters. The molecule has 1 aromatic carbocycles. The molecule has 0 radical (unpaired) electrons. The molecular formula is C17H20ClN3O2. The second-order valence-corrected chi connectivity index (χ2v) is 5.83. The highest BCUT2D eigenvalue weighted by molar-refractivity contribution is 6.29. The van der Waals surface area contributed by atoms with E-state index in [1.54, 1.807) is 31.2 Å². The number of amides is 1. The van der Waals surface area contributed by atoms with Gasteiger partial charge >= 0.3 is 0 Å². The van der Waals surface area contributed by atoms with Gasteiger partial charge in [0.2, 0.25) is 0 Å². The maximum absolute atomic E-state index is 12.6. The summed E-state index contributed by atoms with van der Waals surface area (Å²) in [6, 6.07) is 11.0. The van der Waals surface area contributed by atoms with Crippen molar-refractivity contribution in [1.82, 2.24) is 9.88 Å². The molecule has 0 aliphatic heterocycles. The van der Waals surface area contributed by atoms with Crippen molar-refractivity contribution >= 4 is 23.3 Å². The largest absolute Gasteiger partial charge is 0.497 e. The molecule has 5 nitrogen and oxygen atoms in total. The number of pyridine rings is 1. The van der Waals surface area contributed by atoms with Gasteiger partial charge in [-0.1, -0.05) is 23.7 Å². The second-order valence-electron chi connectivity index (χ2n) is 5.44. The zero-order valence-corrected chi connectivity index (χ0v) is 14.5. The predicted octanol–water partition coefficient (Wildman–Crippen LogP) is 3.08. The molecule has 2 rings (SSSR count). The van der Waals surface area contributed by atoms with Crippen LogP contribution in [0.4, 0.5) is 5.82 Å². The highest BCUT2D eigenvalue weighted by atomic mass is 35.5. The molecule has 2 aromatic rings. The van der Waals surface area contributed by atoms with Gasteiger partial charge in [0.15, 0.2) is 0 Å². The Morgan fingerprint density at radius 2 is 1.96 bits per heavy atom. The molecule has 0 bridgehead atoms. The number of methoxy groups -OCH3 is 1. The Hall–Kier alpha value is -2.27. The minimum atomic E-state index is -0.111. The molecule has 23 heavy (non-hydrogen) atoms. The lowest BCUT2D eigenvalue weighted by atomic mass is 10.1. The van der Waals surface area contributed by atoms with Crippen molar-refractivity contribution < 1.29 is 9.53 Å². The summed E-state index contributed by atoms with van der Waals surface area (Å²) >= 11 is 6.02. The average molecular weight is 334 g/mol. The number of carbonyl (C=O) groups excluding carboxylic acids is 1. The van der Waals surface area contributed by atoms with Crippen LogP contribution in [0, 0.1) is 0 Å². The Morgan fingerprint density at radius 3 is 2.61 bits per heavy atom. The lowest BCUT2D eigenvalue weighted by molar-refractivity contribution is 0.0785. The van der Waals surface area contributed by atoms with Crippen LogP contribution >= 0.6 is 11.6 Å². The van der Waals surface area contributed by atoms with Crippen molar-refractivity contribution in [3.05, 3.63) is 52.7 Å². The molecule has 0 aliphatic rings. The fourth-order valence-electron chi connectivity index (χ4n) is 2.17. The van der Waals surface area contributed by atoms with E-state index in [1.165, 1.54) is 0 Å². The number of halogens is 1. The highest BCUT2D eigenvalue weighted by Gasteiger charge is 2.15. The lowest BCUT2D eigenvalue weighted by Crippen LogP contribution is -2.26. The van der Waals surface area contributed by atoms with Crippen molar-refractivity contribution in [3.63, 3.8) is 0 Å². The van der Waals surface area contributed by atoms with Gasteiger partial charge in [0.05, 0.1) is 7.11 Å². The smallest absolute Gasteiger partial charge is 0.254 e. The summed E-state index contributed by atoms with van der Waals surface area (Å²) in [5, 5.41) is 0.300.